The molecule has 0 saturated heterocycles. The van der Waals surface area contributed by atoms with E-state index in [2.05, 4.69) is 488 Å². The quantitative estimate of drug-likeness (QED) is 0.0554. The van der Waals surface area contributed by atoms with E-state index in [1.807, 2.05) is 0 Å². The number of hydrogen-bond acceptors (Lipinski definition) is 2. The molecule has 540 valence electrons. The summed E-state index contributed by atoms with van der Waals surface area (Å²) in [6, 6.07) is 140. The molecule has 0 aliphatic carbocycles. The van der Waals surface area contributed by atoms with Gasteiger partial charge in [0, 0.05) is 33.5 Å². The van der Waals surface area contributed by atoms with Gasteiger partial charge in [0.2, 0.25) is 0 Å². The Hall–Kier alpha value is -13.9. The molecule has 0 spiro atoms. The van der Waals surface area contributed by atoms with Gasteiger partial charge in [-0.15, -0.1) is 0 Å². The van der Waals surface area contributed by atoms with Crippen molar-refractivity contribution in [1.29, 1.82) is 0 Å². The van der Waals surface area contributed by atoms with Crippen LogP contribution in [0, 0.1) is 41.5 Å². The number of rotatable bonds is 20. The van der Waals surface area contributed by atoms with Crippen LogP contribution in [0.25, 0.3) is 68.1 Å². The van der Waals surface area contributed by atoms with Crippen molar-refractivity contribution >= 4 is 102 Å². The molecule has 0 heterocycles. The minimum Gasteiger partial charge on any atom is -0.310 e. The molecule has 0 aliphatic heterocycles. The van der Waals surface area contributed by atoms with Crippen molar-refractivity contribution in [3.8, 4) is 0 Å². The molecule has 0 aliphatic rings. The highest BCUT2D eigenvalue weighted by atomic mass is 15.2. The first-order valence-electron chi connectivity index (χ1n) is 38.7. The zero-order valence-electron chi connectivity index (χ0n) is 64.5. The summed E-state index contributed by atoms with van der Waals surface area (Å²) >= 11 is 0. The summed E-state index contributed by atoms with van der Waals surface area (Å²) in [5.41, 5.74) is 33.3. The largest absolute Gasteiger partial charge is 0.310 e. The lowest BCUT2D eigenvalue weighted by molar-refractivity contribution is 1.25. The zero-order valence-corrected chi connectivity index (χ0v) is 64.5. The molecule has 16 rings (SSSR count). The second-order valence-corrected chi connectivity index (χ2v) is 28.8. The molecule has 2 heteroatoms. The van der Waals surface area contributed by atoms with Crippen LogP contribution in [-0.2, 0) is 0 Å². The summed E-state index contributed by atoms with van der Waals surface area (Å²) < 4.78 is 0. The molecular weight excluding hydrogens is 1350 g/mol. The second kappa shape index (κ2) is 35.0. The normalized spacial score (nSPS) is 11.1. The van der Waals surface area contributed by atoms with E-state index in [1.165, 1.54) is 133 Å². The summed E-state index contributed by atoms with van der Waals surface area (Å²) in [5.74, 6) is 0. The SMILES string of the molecule is Cc1ccc(C(=Cc2ccc(N(c3ccc(C)cc3C)c3ccc(/C=C/C=C(c4ccccc4)c4ccccc4)c4ccccc34)cc2)c2ccc(C)cc2)cc1.Cc1ccc(N(c2ccc(/C=C/C=C(c3ccccc3)c3ccccc3)cc2)c2ccc(C=C(c3ccccc3)c3ccccc3)c3ccccc23)c(C)c1. The van der Waals surface area contributed by atoms with Gasteiger partial charge in [0.1, 0.15) is 0 Å². The van der Waals surface area contributed by atoms with Gasteiger partial charge in [-0.2, -0.15) is 0 Å². The molecule has 16 aromatic rings. The van der Waals surface area contributed by atoms with E-state index < -0.39 is 0 Å². The molecule has 0 saturated carbocycles. The summed E-state index contributed by atoms with van der Waals surface area (Å²) in [6.45, 7) is 13.0. The highest BCUT2D eigenvalue weighted by Crippen LogP contribution is 2.45. The third kappa shape index (κ3) is 17.3. The Kier molecular flexibility index (Phi) is 23.0. The molecule has 0 N–H and O–H groups in total. The lowest BCUT2D eigenvalue weighted by atomic mass is 9.93. The summed E-state index contributed by atoms with van der Waals surface area (Å²) in [7, 11) is 0. The fraction of sp³-hybridized carbons (Fsp3) is 0.0545. The van der Waals surface area contributed by atoms with Crippen molar-refractivity contribution < 1.29 is 0 Å². The summed E-state index contributed by atoms with van der Waals surface area (Å²) in [6.07, 6.45) is 17.9. The molecule has 0 atom stereocenters. The van der Waals surface area contributed by atoms with E-state index in [9.17, 15) is 0 Å². The lowest BCUT2D eigenvalue weighted by Gasteiger charge is -2.29. The van der Waals surface area contributed by atoms with Gasteiger partial charge in [-0.05, 0) is 213 Å². The molecule has 0 bridgehead atoms. The maximum atomic E-state index is 2.42. The molecule has 0 aromatic heterocycles. The minimum absolute atomic E-state index is 1.11. The van der Waals surface area contributed by atoms with Gasteiger partial charge < -0.3 is 9.80 Å². The molecule has 0 radical (unpaired) electrons. The smallest absolute Gasteiger partial charge is 0.0540 e. The van der Waals surface area contributed by atoms with Crippen LogP contribution in [0.3, 0.4) is 0 Å². The fourth-order valence-corrected chi connectivity index (χ4v) is 15.0. The maximum absolute atomic E-state index is 2.42. The van der Waals surface area contributed by atoms with Crippen LogP contribution in [0.5, 0.6) is 0 Å². The molecule has 0 unspecified atom stereocenters. The van der Waals surface area contributed by atoms with Gasteiger partial charge in [0.15, 0.2) is 0 Å². The highest BCUT2D eigenvalue weighted by Gasteiger charge is 2.22. The Morgan fingerprint density at radius 3 is 0.893 bits per heavy atom. The third-order valence-electron chi connectivity index (χ3n) is 20.8. The Bertz CT molecular complexity index is 5920. The van der Waals surface area contributed by atoms with Gasteiger partial charge in [-0.1, -0.05) is 398 Å². The zero-order chi connectivity index (χ0) is 76.5. The first kappa shape index (κ1) is 73.6. The number of benzene rings is 16. The van der Waals surface area contributed by atoms with Crippen LogP contribution in [0.2, 0.25) is 0 Å². The molecular formula is C110H90N2. The third-order valence-corrected chi connectivity index (χ3v) is 20.8. The fourth-order valence-electron chi connectivity index (χ4n) is 15.0. The molecule has 16 aromatic carbocycles. The Labute approximate surface area is 661 Å². The Morgan fingerprint density at radius 2 is 0.509 bits per heavy atom. The van der Waals surface area contributed by atoms with E-state index in [0.717, 1.165) is 45.3 Å². The predicted molar refractivity (Wildman–Crippen MR) is 483 cm³/mol. The van der Waals surface area contributed by atoms with Gasteiger partial charge in [-0.3, -0.25) is 0 Å². The van der Waals surface area contributed by atoms with Gasteiger partial charge >= 0.3 is 0 Å². The minimum atomic E-state index is 1.11. The van der Waals surface area contributed by atoms with Crippen LogP contribution >= 0.6 is 0 Å². The lowest BCUT2D eigenvalue weighted by Crippen LogP contribution is -2.12. The van der Waals surface area contributed by atoms with Crippen molar-refractivity contribution in [2.24, 2.45) is 0 Å². The van der Waals surface area contributed by atoms with Crippen molar-refractivity contribution in [2.75, 3.05) is 9.80 Å². The van der Waals surface area contributed by atoms with E-state index in [4.69, 9.17) is 0 Å². The number of anilines is 6. The van der Waals surface area contributed by atoms with Crippen molar-refractivity contribution in [3.63, 3.8) is 0 Å². The van der Waals surface area contributed by atoms with E-state index in [0.29, 0.717) is 0 Å². The Balaban J connectivity index is 0.000000177. The first-order chi connectivity index (χ1) is 55.0. The molecule has 2 nitrogen and oxygen atoms in total. The predicted octanol–water partition coefficient (Wildman–Crippen LogP) is 29.9. The topological polar surface area (TPSA) is 6.48 Å². The first-order valence-corrected chi connectivity index (χ1v) is 38.7. The van der Waals surface area contributed by atoms with Crippen molar-refractivity contribution in [2.45, 2.75) is 41.5 Å². The van der Waals surface area contributed by atoms with Crippen molar-refractivity contribution in [1.82, 2.24) is 0 Å². The van der Waals surface area contributed by atoms with Crippen LogP contribution in [0.1, 0.15) is 100 Å². The monoisotopic (exact) mass is 1440 g/mol. The van der Waals surface area contributed by atoms with E-state index in [-0.39, 0.29) is 0 Å². The van der Waals surface area contributed by atoms with Gasteiger partial charge in [0.25, 0.3) is 0 Å². The number of fused-ring (bicyclic) bond motifs is 2. The van der Waals surface area contributed by atoms with Crippen molar-refractivity contribution in [3.05, 3.63) is 513 Å². The van der Waals surface area contributed by atoms with Crippen LogP contribution in [0.15, 0.2) is 413 Å². The average molecular weight is 1440 g/mol. The molecule has 112 heavy (non-hydrogen) atoms. The number of nitrogens with zero attached hydrogens (tertiary/aromatic N) is 2. The van der Waals surface area contributed by atoms with Crippen LogP contribution in [-0.4, -0.2) is 0 Å². The van der Waals surface area contributed by atoms with Crippen LogP contribution in [0.4, 0.5) is 34.1 Å². The Morgan fingerprint density at radius 1 is 0.214 bits per heavy atom. The summed E-state index contributed by atoms with van der Waals surface area (Å²) in [5, 5.41) is 4.80. The van der Waals surface area contributed by atoms with Crippen LogP contribution < -0.4 is 9.80 Å². The second-order valence-electron chi connectivity index (χ2n) is 28.8. The van der Waals surface area contributed by atoms with E-state index >= 15 is 0 Å². The summed E-state index contributed by atoms with van der Waals surface area (Å²) in [4.78, 5) is 4.83. The number of hydrogen-bond donors (Lipinski definition) is 0. The van der Waals surface area contributed by atoms with Gasteiger partial charge in [-0.25, -0.2) is 0 Å². The molecule has 0 amide bonds. The highest BCUT2D eigenvalue weighted by molar-refractivity contribution is 6.07. The standard InChI is InChI=1S/C56H47N.C54H43N/c1-40-22-29-48(30-23-40)54(49-31-24-41(2)25-32-49)39-44-27-34-50(35-28-44)57(55-36-26-42(3)38-43(55)4)56-37-33-47(52-19-11-12-20-53(52)56)18-13-21-51(45-14-7-5-8-15-45)46-16-9-6-10-17-46;1-40-30-36-53(41(2)38-40)55(48-34-31-42(32-35-48)18-17-29-49(43-19-7-3-8-20-43)44-21-9-4-10-22-44)54-37-33-47(50-27-15-16-28-51(50)54)39-52(45-23-11-5-12-24-45)46-25-13-6-14-26-46/h5-39H,1-4H3;3-39H,1-2H3/b18-13+;18-17+. The van der Waals surface area contributed by atoms with Gasteiger partial charge in [0.05, 0.1) is 11.4 Å². The number of allylic oxidation sites excluding steroid dienone is 4. The van der Waals surface area contributed by atoms with E-state index in [1.54, 1.807) is 0 Å². The average Bonchev–Trinajstić information content (AvgIpc) is 0.767. The molecule has 0 fully saturated rings. The maximum Gasteiger partial charge on any atom is 0.0540 e. The number of aryl methyl sites for hydroxylation is 6.